The quantitative estimate of drug-likeness (QED) is 0.384. The number of aryl methyl sites for hydroxylation is 2. The van der Waals surface area contributed by atoms with Gasteiger partial charge in [0.25, 0.3) is 0 Å². The third kappa shape index (κ3) is 3.06. The molecule has 1 aliphatic rings. The fourth-order valence-corrected chi connectivity index (χ4v) is 6.34. The average Bonchev–Trinajstić information content (AvgIpc) is 2.85. The largest absolute Gasteiger partial charge is 0.144 e. The van der Waals surface area contributed by atoms with E-state index in [1.807, 2.05) is 17.4 Å². The Labute approximate surface area is 139 Å². The maximum absolute atomic E-state index is 6.25. The lowest BCUT2D eigenvalue weighted by molar-refractivity contribution is 0.712. The number of hydrogen-bond donors (Lipinski definition) is 0. The van der Waals surface area contributed by atoms with Crippen LogP contribution in [-0.4, -0.2) is 0 Å². The van der Waals surface area contributed by atoms with Gasteiger partial charge in [-0.2, -0.15) is 0 Å². The molecular formula is C14H13BrCl2S2. The molecule has 0 saturated heterocycles. The van der Waals surface area contributed by atoms with Crippen LogP contribution in [0.3, 0.4) is 0 Å². The van der Waals surface area contributed by atoms with Crippen molar-refractivity contribution in [1.82, 2.24) is 0 Å². The Morgan fingerprint density at radius 2 is 1.84 bits per heavy atom. The van der Waals surface area contributed by atoms with E-state index in [9.17, 15) is 0 Å². The summed E-state index contributed by atoms with van der Waals surface area (Å²) in [6.07, 6.45) is 6.47. The SMILES string of the molecule is Clc1cc(C(Br)c2cc3c(s2)CCCCC3)c(Cl)s1. The van der Waals surface area contributed by atoms with Gasteiger partial charge in [0.05, 0.1) is 13.5 Å². The Balaban J connectivity index is 1.92. The first kappa shape index (κ1) is 14.4. The molecular weight excluding hydrogens is 383 g/mol. The van der Waals surface area contributed by atoms with Crippen molar-refractivity contribution >= 4 is 61.8 Å². The molecule has 2 heterocycles. The highest BCUT2D eigenvalue weighted by atomic mass is 79.9. The molecule has 5 heteroatoms. The first-order chi connectivity index (χ1) is 9.15. The predicted molar refractivity (Wildman–Crippen MR) is 90.7 cm³/mol. The summed E-state index contributed by atoms with van der Waals surface area (Å²) in [5.74, 6) is 0. The molecule has 0 saturated carbocycles. The lowest BCUT2D eigenvalue weighted by atomic mass is 10.1. The minimum atomic E-state index is 0.167. The maximum atomic E-state index is 6.25. The summed E-state index contributed by atoms with van der Waals surface area (Å²) in [5, 5.41) is 0. The van der Waals surface area contributed by atoms with Crippen LogP contribution < -0.4 is 0 Å². The van der Waals surface area contributed by atoms with Gasteiger partial charge in [-0.25, -0.2) is 0 Å². The van der Waals surface area contributed by atoms with E-state index < -0.39 is 0 Å². The van der Waals surface area contributed by atoms with Crippen LogP contribution in [0.5, 0.6) is 0 Å². The van der Waals surface area contributed by atoms with Crippen LogP contribution in [0.1, 0.15) is 45.0 Å². The minimum Gasteiger partial charge on any atom is -0.144 e. The van der Waals surface area contributed by atoms with Crippen molar-refractivity contribution in [2.45, 2.75) is 36.9 Å². The van der Waals surface area contributed by atoms with Crippen LogP contribution in [0.4, 0.5) is 0 Å². The van der Waals surface area contributed by atoms with Crippen molar-refractivity contribution in [3.63, 3.8) is 0 Å². The minimum absolute atomic E-state index is 0.167. The average molecular weight is 396 g/mol. The monoisotopic (exact) mass is 394 g/mol. The van der Waals surface area contributed by atoms with Crippen LogP contribution in [0.2, 0.25) is 8.67 Å². The summed E-state index contributed by atoms with van der Waals surface area (Å²) < 4.78 is 1.54. The standard InChI is InChI=1S/C14H13BrCl2S2/c15-13(9-7-12(16)19-14(9)17)11-6-8-4-2-1-3-5-10(8)18-11/h6-7,13H,1-5H2. The van der Waals surface area contributed by atoms with Gasteiger partial charge in [0, 0.05) is 15.3 Å². The molecule has 2 aromatic heterocycles. The molecule has 3 rings (SSSR count). The molecule has 102 valence electrons. The third-order valence-electron chi connectivity index (χ3n) is 3.47. The van der Waals surface area contributed by atoms with E-state index in [-0.39, 0.29) is 4.83 Å². The van der Waals surface area contributed by atoms with Crippen LogP contribution in [0, 0.1) is 0 Å². The zero-order valence-electron chi connectivity index (χ0n) is 10.2. The molecule has 0 aromatic carbocycles. The summed E-state index contributed by atoms with van der Waals surface area (Å²) in [6, 6.07) is 4.32. The van der Waals surface area contributed by atoms with E-state index in [1.54, 1.807) is 10.4 Å². The summed E-state index contributed by atoms with van der Waals surface area (Å²) in [5.41, 5.74) is 2.63. The van der Waals surface area contributed by atoms with Crippen LogP contribution in [0.15, 0.2) is 12.1 Å². The molecule has 19 heavy (non-hydrogen) atoms. The molecule has 0 fully saturated rings. The molecule has 0 N–H and O–H groups in total. The highest BCUT2D eigenvalue weighted by Gasteiger charge is 2.21. The number of hydrogen-bond acceptors (Lipinski definition) is 2. The number of rotatable bonds is 2. The molecule has 0 bridgehead atoms. The first-order valence-corrected chi connectivity index (χ1v) is 9.66. The van der Waals surface area contributed by atoms with Crippen molar-refractivity contribution < 1.29 is 0 Å². The smallest absolute Gasteiger partial charge is 0.0991 e. The van der Waals surface area contributed by atoms with E-state index in [1.165, 1.54) is 48.3 Å². The van der Waals surface area contributed by atoms with Gasteiger partial charge in [-0.05, 0) is 43.4 Å². The van der Waals surface area contributed by atoms with Crippen molar-refractivity contribution in [3.8, 4) is 0 Å². The number of thiophene rings is 2. The van der Waals surface area contributed by atoms with E-state index in [4.69, 9.17) is 23.2 Å². The molecule has 2 aromatic rings. The summed E-state index contributed by atoms with van der Waals surface area (Å²) in [6.45, 7) is 0. The van der Waals surface area contributed by atoms with Gasteiger partial charge in [-0.15, -0.1) is 22.7 Å². The summed E-state index contributed by atoms with van der Waals surface area (Å²) in [4.78, 5) is 3.08. The van der Waals surface area contributed by atoms with Crippen molar-refractivity contribution in [2.75, 3.05) is 0 Å². The molecule has 1 aliphatic carbocycles. The zero-order chi connectivity index (χ0) is 13.4. The Bertz CT molecular complexity index is 565. The predicted octanol–water partition coefficient (Wildman–Crippen LogP) is 6.87. The fourth-order valence-electron chi connectivity index (χ4n) is 2.49. The topological polar surface area (TPSA) is 0 Å². The third-order valence-corrected chi connectivity index (χ3v) is 7.58. The van der Waals surface area contributed by atoms with Crippen LogP contribution >= 0.6 is 61.8 Å². The van der Waals surface area contributed by atoms with Gasteiger partial charge in [-0.3, -0.25) is 0 Å². The molecule has 1 unspecified atom stereocenters. The van der Waals surface area contributed by atoms with Crippen LogP contribution in [-0.2, 0) is 12.8 Å². The van der Waals surface area contributed by atoms with E-state index in [2.05, 4.69) is 22.0 Å². The molecule has 0 amide bonds. The first-order valence-electron chi connectivity index (χ1n) is 6.35. The fraction of sp³-hybridized carbons (Fsp3) is 0.429. The zero-order valence-corrected chi connectivity index (χ0v) is 14.9. The molecule has 0 nitrogen and oxygen atoms in total. The number of fused-ring (bicyclic) bond motifs is 1. The van der Waals surface area contributed by atoms with Gasteiger partial charge in [0.15, 0.2) is 0 Å². The van der Waals surface area contributed by atoms with E-state index >= 15 is 0 Å². The Morgan fingerprint density at radius 1 is 1.05 bits per heavy atom. The summed E-state index contributed by atoms with van der Waals surface area (Å²) >= 11 is 19.4. The van der Waals surface area contributed by atoms with E-state index in [0.29, 0.717) is 0 Å². The van der Waals surface area contributed by atoms with Gasteiger partial charge in [-0.1, -0.05) is 45.6 Å². The molecule has 0 aliphatic heterocycles. The number of alkyl halides is 1. The molecule has 0 radical (unpaired) electrons. The Kier molecular flexibility index (Phi) is 4.60. The van der Waals surface area contributed by atoms with Gasteiger partial charge < -0.3 is 0 Å². The second kappa shape index (κ2) is 6.07. The second-order valence-corrected chi connectivity index (χ2v) is 9.17. The van der Waals surface area contributed by atoms with Gasteiger partial charge in [0.1, 0.15) is 0 Å². The Morgan fingerprint density at radius 3 is 2.58 bits per heavy atom. The molecule has 1 atom stereocenters. The highest BCUT2D eigenvalue weighted by molar-refractivity contribution is 9.09. The second-order valence-electron chi connectivity index (χ2n) is 4.80. The van der Waals surface area contributed by atoms with Gasteiger partial charge in [0.2, 0.25) is 0 Å². The lowest BCUT2D eigenvalue weighted by Crippen LogP contribution is -1.87. The summed E-state index contributed by atoms with van der Waals surface area (Å²) in [7, 11) is 0. The van der Waals surface area contributed by atoms with Crippen molar-refractivity contribution in [3.05, 3.63) is 41.7 Å². The normalized spacial score (nSPS) is 17.0. The maximum Gasteiger partial charge on any atom is 0.0991 e. The highest BCUT2D eigenvalue weighted by Crippen LogP contribution is 2.44. The number of halogens is 3. The van der Waals surface area contributed by atoms with Gasteiger partial charge >= 0.3 is 0 Å². The van der Waals surface area contributed by atoms with Crippen molar-refractivity contribution in [1.29, 1.82) is 0 Å². The lowest BCUT2D eigenvalue weighted by Gasteiger charge is -2.06. The van der Waals surface area contributed by atoms with E-state index in [0.717, 1.165) is 14.2 Å². The molecule has 0 spiro atoms. The van der Waals surface area contributed by atoms with Crippen LogP contribution in [0.25, 0.3) is 0 Å². The van der Waals surface area contributed by atoms with Crippen molar-refractivity contribution in [2.24, 2.45) is 0 Å². The Hall–Kier alpha value is 0.460.